The summed E-state index contributed by atoms with van der Waals surface area (Å²) in [4.78, 5) is 15.8. The van der Waals surface area contributed by atoms with Gasteiger partial charge in [0.1, 0.15) is 0 Å². The molecule has 0 aliphatic heterocycles. The van der Waals surface area contributed by atoms with E-state index in [1.807, 2.05) is 13.0 Å². The number of hydrazine groups is 1. The lowest BCUT2D eigenvalue weighted by Gasteiger charge is -2.04. The van der Waals surface area contributed by atoms with Gasteiger partial charge >= 0.3 is 0 Å². The number of aromatic nitrogens is 3. The number of nitrogens with two attached hydrogens (primary N) is 1. The van der Waals surface area contributed by atoms with Crippen molar-refractivity contribution in [2.75, 3.05) is 10.7 Å². The Labute approximate surface area is 103 Å². The zero-order valence-electron chi connectivity index (χ0n) is 9.71. The number of nitrogen functional groups attached to an aromatic ring is 1. The highest BCUT2D eigenvalue weighted by molar-refractivity contribution is 6.02. The molecule has 0 bridgehead atoms. The molecule has 7 heteroatoms. The fourth-order valence-electron chi connectivity index (χ4n) is 1.35. The van der Waals surface area contributed by atoms with Crippen LogP contribution in [0.2, 0.25) is 0 Å². The molecular formula is C11H12N6O. The van der Waals surface area contributed by atoms with E-state index in [1.54, 1.807) is 18.5 Å². The standard InChI is InChI=1S/C11H12N6O/c1-7-4-8(6-13-5-7)14-11(18)9-2-3-10(15-12)17-16-9/h2-6H,12H2,1H3,(H,14,18)(H,15,17). The Bertz CT molecular complexity index is 554. The molecule has 18 heavy (non-hydrogen) atoms. The topological polar surface area (TPSA) is 106 Å². The first-order valence-electron chi connectivity index (χ1n) is 5.22. The van der Waals surface area contributed by atoms with Crippen LogP contribution >= 0.6 is 0 Å². The molecule has 7 nitrogen and oxygen atoms in total. The van der Waals surface area contributed by atoms with Gasteiger partial charge in [-0.2, -0.15) is 0 Å². The minimum atomic E-state index is -0.349. The highest BCUT2D eigenvalue weighted by Gasteiger charge is 2.08. The summed E-state index contributed by atoms with van der Waals surface area (Å²) in [6.07, 6.45) is 3.27. The smallest absolute Gasteiger partial charge is 0.276 e. The van der Waals surface area contributed by atoms with Crippen molar-refractivity contribution in [1.29, 1.82) is 0 Å². The molecule has 0 spiro atoms. The van der Waals surface area contributed by atoms with Gasteiger partial charge in [-0.1, -0.05) is 0 Å². The lowest BCUT2D eigenvalue weighted by Crippen LogP contribution is -2.16. The van der Waals surface area contributed by atoms with E-state index < -0.39 is 0 Å². The molecule has 0 aliphatic carbocycles. The van der Waals surface area contributed by atoms with E-state index >= 15 is 0 Å². The molecule has 4 N–H and O–H groups in total. The monoisotopic (exact) mass is 244 g/mol. The summed E-state index contributed by atoms with van der Waals surface area (Å²) < 4.78 is 0. The molecule has 0 aromatic carbocycles. The summed E-state index contributed by atoms with van der Waals surface area (Å²) >= 11 is 0. The van der Waals surface area contributed by atoms with Gasteiger partial charge in [-0.15, -0.1) is 10.2 Å². The summed E-state index contributed by atoms with van der Waals surface area (Å²) in [6.45, 7) is 1.89. The van der Waals surface area contributed by atoms with E-state index in [0.29, 0.717) is 11.5 Å². The quantitative estimate of drug-likeness (QED) is 0.542. The number of rotatable bonds is 3. The number of anilines is 2. The number of hydrogen-bond donors (Lipinski definition) is 3. The van der Waals surface area contributed by atoms with Gasteiger partial charge in [0, 0.05) is 6.20 Å². The van der Waals surface area contributed by atoms with Crippen molar-refractivity contribution in [2.45, 2.75) is 6.92 Å². The number of carbonyl (C=O) groups is 1. The second kappa shape index (κ2) is 5.19. The molecular weight excluding hydrogens is 232 g/mol. The van der Waals surface area contributed by atoms with Gasteiger partial charge in [0.15, 0.2) is 11.5 Å². The summed E-state index contributed by atoms with van der Waals surface area (Å²) in [5, 5.41) is 10.1. The number of aryl methyl sites for hydroxylation is 1. The Morgan fingerprint density at radius 3 is 2.72 bits per heavy atom. The highest BCUT2D eigenvalue weighted by Crippen LogP contribution is 2.09. The number of pyridine rings is 1. The minimum absolute atomic E-state index is 0.204. The summed E-state index contributed by atoms with van der Waals surface area (Å²) in [5.41, 5.74) is 4.11. The van der Waals surface area contributed by atoms with E-state index in [-0.39, 0.29) is 11.6 Å². The van der Waals surface area contributed by atoms with Crippen molar-refractivity contribution in [3.63, 3.8) is 0 Å². The molecule has 2 rings (SSSR count). The molecule has 0 radical (unpaired) electrons. The van der Waals surface area contributed by atoms with E-state index in [0.717, 1.165) is 5.56 Å². The third-order valence-electron chi connectivity index (χ3n) is 2.18. The van der Waals surface area contributed by atoms with Gasteiger partial charge in [0.05, 0.1) is 11.9 Å². The van der Waals surface area contributed by atoms with Crippen LogP contribution in [0.4, 0.5) is 11.5 Å². The normalized spacial score (nSPS) is 9.89. The van der Waals surface area contributed by atoms with E-state index in [1.165, 1.54) is 6.07 Å². The van der Waals surface area contributed by atoms with Crippen LogP contribution in [0.3, 0.4) is 0 Å². The highest BCUT2D eigenvalue weighted by atomic mass is 16.1. The Hall–Kier alpha value is -2.54. The maximum absolute atomic E-state index is 11.8. The molecule has 0 unspecified atom stereocenters. The Kier molecular flexibility index (Phi) is 3.44. The molecule has 0 aliphatic rings. The largest absolute Gasteiger partial charge is 0.319 e. The van der Waals surface area contributed by atoms with Gasteiger partial charge in [-0.05, 0) is 30.7 Å². The fourth-order valence-corrected chi connectivity index (χ4v) is 1.35. The van der Waals surface area contributed by atoms with Crippen LogP contribution in [-0.4, -0.2) is 21.1 Å². The molecule has 2 heterocycles. The van der Waals surface area contributed by atoms with Crippen molar-refractivity contribution in [2.24, 2.45) is 5.84 Å². The van der Waals surface area contributed by atoms with Crippen LogP contribution in [0, 0.1) is 6.92 Å². The van der Waals surface area contributed by atoms with Crippen LogP contribution in [0.1, 0.15) is 16.1 Å². The van der Waals surface area contributed by atoms with Crippen molar-refractivity contribution in [3.05, 3.63) is 41.9 Å². The SMILES string of the molecule is Cc1cncc(NC(=O)c2ccc(NN)nn2)c1. The fraction of sp³-hybridized carbons (Fsp3) is 0.0909. The average molecular weight is 244 g/mol. The number of nitrogens with one attached hydrogen (secondary N) is 2. The van der Waals surface area contributed by atoms with Crippen LogP contribution in [0.15, 0.2) is 30.6 Å². The third kappa shape index (κ3) is 2.77. The predicted octanol–water partition coefficient (Wildman–Crippen LogP) is 0.718. The van der Waals surface area contributed by atoms with Crippen molar-refractivity contribution < 1.29 is 4.79 Å². The molecule has 1 amide bonds. The van der Waals surface area contributed by atoms with Gasteiger partial charge in [0.2, 0.25) is 0 Å². The number of hydrogen-bond acceptors (Lipinski definition) is 6. The first kappa shape index (κ1) is 11.9. The Balaban J connectivity index is 2.11. The number of carbonyl (C=O) groups excluding carboxylic acids is 1. The number of nitrogens with zero attached hydrogens (tertiary/aromatic N) is 3. The summed E-state index contributed by atoms with van der Waals surface area (Å²) in [5.74, 6) is 5.20. The first-order valence-corrected chi connectivity index (χ1v) is 5.22. The Morgan fingerprint density at radius 1 is 1.28 bits per heavy atom. The molecule has 2 aromatic heterocycles. The predicted molar refractivity (Wildman–Crippen MR) is 66.8 cm³/mol. The van der Waals surface area contributed by atoms with Gasteiger partial charge < -0.3 is 10.7 Å². The third-order valence-corrected chi connectivity index (χ3v) is 2.18. The Morgan fingerprint density at radius 2 is 2.11 bits per heavy atom. The van der Waals surface area contributed by atoms with Crippen molar-refractivity contribution in [3.8, 4) is 0 Å². The van der Waals surface area contributed by atoms with E-state index in [9.17, 15) is 4.79 Å². The van der Waals surface area contributed by atoms with E-state index in [2.05, 4.69) is 25.9 Å². The van der Waals surface area contributed by atoms with Gasteiger partial charge in [-0.3, -0.25) is 9.78 Å². The molecule has 0 saturated heterocycles. The lowest BCUT2D eigenvalue weighted by molar-refractivity contribution is 0.102. The molecule has 0 fully saturated rings. The average Bonchev–Trinajstić information content (AvgIpc) is 2.39. The summed E-state index contributed by atoms with van der Waals surface area (Å²) in [7, 11) is 0. The van der Waals surface area contributed by atoms with Gasteiger partial charge in [-0.25, -0.2) is 5.84 Å². The van der Waals surface area contributed by atoms with Crippen LogP contribution < -0.4 is 16.6 Å². The second-order valence-corrected chi connectivity index (χ2v) is 3.65. The maximum atomic E-state index is 11.8. The zero-order chi connectivity index (χ0) is 13.0. The second-order valence-electron chi connectivity index (χ2n) is 3.65. The van der Waals surface area contributed by atoms with Gasteiger partial charge in [0.25, 0.3) is 5.91 Å². The molecule has 0 saturated carbocycles. The van der Waals surface area contributed by atoms with Crippen LogP contribution in [0.5, 0.6) is 0 Å². The number of amides is 1. The first-order chi connectivity index (χ1) is 8.69. The summed E-state index contributed by atoms with van der Waals surface area (Å²) in [6, 6.07) is 4.91. The lowest BCUT2D eigenvalue weighted by atomic mass is 10.3. The zero-order valence-corrected chi connectivity index (χ0v) is 9.71. The van der Waals surface area contributed by atoms with E-state index in [4.69, 9.17) is 5.84 Å². The van der Waals surface area contributed by atoms with Crippen LogP contribution in [-0.2, 0) is 0 Å². The molecule has 92 valence electrons. The van der Waals surface area contributed by atoms with Crippen molar-refractivity contribution >= 4 is 17.4 Å². The maximum Gasteiger partial charge on any atom is 0.276 e. The molecule has 0 atom stereocenters. The molecule has 2 aromatic rings. The van der Waals surface area contributed by atoms with Crippen molar-refractivity contribution in [1.82, 2.24) is 15.2 Å². The minimum Gasteiger partial charge on any atom is -0.319 e. The van der Waals surface area contributed by atoms with Crippen LogP contribution in [0.25, 0.3) is 0 Å².